The molecule has 100 valence electrons. The second-order valence-corrected chi connectivity index (χ2v) is 6.59. The minimum atomic E-state index is -3.47. The molecule has 0 aliphatic heterocycles. The SMILES string of the molecule is COC(=O)C(NC(=O)C(C)S(C)(=O)=O)C(C)C. The summed E-state index contributed by atoms with van der Waals surface area (Å²) in [6.45, 7) is 4.74. The first-order valence-corrected chi connectivity index (χ1v) is 7.13. The zero-order valence-corrected chi connectivity index (χ0v) is 11.5. The summed E-state index contributed by atoms with van der Waals surface area (Å²) in [5, 5.41) is 1.19. The molecule has 0 saturated carbocycles. The number of esters is 1. The van der Waals surface area contributed by atoms with Crippen molar-refractivity contribution in [3.63, 3.8) is 0 Å². The Bertz CT molecular complexity index is 388. The van der Waals surface area contributed by atoms with Gasteiger partial charge in [-0.25, -0.2) is 13.2 Å². The molecule has 0 aromatic rings. The molecule has 6 nitrogen and oxygen atoms in total. The van der Waals surface area contributed by atoms with Gasteiger partial charge in [0.2, 0.25) is 5.91 Å². The van der Waals surface area contributed by atoms with Crippen LogP contribution in [0.4, 0.5) is 0 Å². The van der Waals surface area contributed by atoms with Crippen molar-refractivity contribution >= 4 is 21.7 Å². The number of nitrogens with one attached hydrogen (secondary N) is 1. The van der Waals surface area contributed by atoms with Crippen LogP contribution in [0.3, 0.4) is 0 Å². The van der Waals surface area contributed by atoms with Crippen molar-refractivity contribution < 1.29 is 22.7 Å². The molecule has 0 aliphatic carbocycles. The summed E-state index contributed by atoms with van der Waals surface area (Å²) in [6.07, 6.45) is 0.972. The van der Waals surface area contributed by atoms with Gasteiger partial charge in [-0.15, -0.1) is 0 Å². The third-order valence-corrected chi connectivity index (χ3v) is 3.93. The van der Waals surface area contributed by atoms with Gasteiger partial charge in [-0.05, 0) is 12.8 Å². The number of carbonyl (C=O) groups is 2. The van der Waals surface area contributed by atoms with E-state index in [0.29, 0.717) is 0 Å². The number of rotatable bonds is 5. The van der Waals surface area contributed by atoms with Crippen LogP contribution in [0, 0.1) is 5.92 Å². The molecule has 0 aromatic carbocycles. The van der Waals surface area contributed by atoms with E-state index in [4.69, 9.17) is 0 Å². The minimum absolute atomic E-state index is 0.182. The lowest BCUT2D eigenvalue weighted by molar-refractivity contribution is -0.146. The van der Waals surface area contributed by atoms with Crippen molar-refractivity contribution in [3.8, 4) is 0 Å². The van der Waals surface area contributed by atoms with Crippen molar-refractivity contribution in [2.75, 3.05) is 13.4 Å². The summed E-state index contributed by atoms with van der Waals surface area (Å²) in [6, 6.07) is -0.836. The van der Waals surface area contributed by atoms with Crippen LogP contribution in [0.5, 0.6) is 0 Å². The molecule has 0 aliphatic rings. The first-order valence-electron chi connectivity index (χ1n) is 5.18. The fourth-order valence-corrected chi connectivity index (χ4v) is 1.55. The number of methoxy groups -OCH3 is 1. The number of hydrogen-bond acceptors (Lipinski definition) is 5. The van der Waals surface area contributed by atoms with Crippen molar-refractivity contribution in [1.82, 2.24) is 5.32 Å². The molecule has 2 atom stereocenters. The number of hydrogen-bond donors (Lipinski definition) is 1. The standard InChI is InChI=1S/C10H19NO5S/c1-6(2)8(10(13)16-4)11-9(12)7(3)17(5,14)15/h6-8H,1-5H3,(H,11,12). The predicted octanol–water partition coefficient (Wildman–Crippen LogP) is -0.267. The van der Waals surface area contributed by atoms with E-state index < -0.39 is 33.0 Å². The van der Waals surface area contributed by atoms with Crippen molar-refractivity contribution in [2.45, 2.75) is 32.1 Å². The minimum Gasteiger partial charge on any atom is -0.467 e. The topological polar surface area (TPSA) is 89.5 Å². The summed E-state index contributed by atoms with van der Waals surface area (Å²) >= 11 is 0. The molecule has 2 unspecified atom stereocenters. The molecule has 0 fully saturated rings. The highest BCUT2D eigenvalue weighted by molar-refractivity contribution is 7.92. The van der Waals surface area contributed by atoms with Crippen LogP contribution in [0.25, 0.3) is 0 Å². The number of ether oxygens (including phenoxy) is 1. The summed E-state index contributed by atoms with van der Waals surface area (Å²) in [5.41, 5.74) is 0. The fraction of sp³-hybridized carbons (Fsp3) is 0.800. The summed E-state index contributed by atoms with van der Waals surface area (Å²) in [5.74, 6) is -1.47. The van der Waals surface area contributed by atoms with E-state index in [0.717, 1.165) is 6.26 Å². The highest BCUT2D eigenvalue weighted by Crippen LogP contribution is 2.06. The molecular weight excluding hydrogens is 246 g/mol. The maximum Gasteiger partial charge on any atom is 0.328 e. The summed E-state index contributed by atoms with van der Waals surface area (Å²) in [4.78, 5) is 23.0. The first kappa shape index (κ1) is 15.9. The van der Waals surface area contributed by atoms with Crippen molar-refractivity contribution in [2.24, 2.45) is 5.92 Å². The van der Waals surface area contributed by atoms with Gasteiger partial charge in [0.15, 0.2) is 9.84 Å². The van der Waals surface area contributed by atoms with Crippen LogP contribution in [0.15, 0.2) is 0 Å². The van der Waals surface area contributed by atoms with Gasteiger partial charge in [0.05, 0.1) is 7.11 Å². The molecule has 1 N–H and O–H groups in total. The molecule has 0 saturated heterocycles. The number of sulfone groups is 1. The van der Waals surface area contributed by atoms with Gasteiger partial charge in [0.1, 0.15) is 11.3 Å². The predicted molar refractivity (Wildman–Crippen MR) is 63.1 cm³/mol. The Morgan fingerprint density at radius 1 is 1.18 bits per heavy atom. The highest BCUT2D eigenvalue weighted by Gasteiger charge is 2.30. The summed E-state index contributed by atoms with van der Waals surface area (Å²) < 4.78 is 26.9. The largest absolute Gasteiger partial charge is 0.467 e. The third-order valence-electron chi connectivity index (χ3n) is 2.43. The van der Waals surface area contributed by atoms with Gasteiger partial charge in [0, 0.05) is 6.26 Å². The highest BCUT2D eigenvalue weighted by atomic mass is 32.2. The van der Waals surface area contributed by atoms with E-state index in [9.17, 15) is 18.0 Å². The van der Waals surface area contributed by atoms with E-state index in [2.05, 4.69) is 10.1 Å². The molecule has 0 bridgehead atoms. The second-order valence-electron chi connectivity index (χ2n) is 4.23. The number of amides is 1. The molecule has 17 heavy (non-hydrogen) atoms. The van der Waals surface area contributed by atoms with Crippen molar-refractivity contribution in [1.29, 1.82) is 0 Å². The zero-order chi connectivity index (χ0) is 13.8. The second kappa shape index (κ2) is 6.00. The monoisotopic (exact) mass is 265 g/mol. The van der Waals surface area contributed by atoms with Crippen molar-refractivity contribution in [3.05, 3.63) is 0 Å². The first-order chi connectivity index (χ1) is 7.61. The lowest BCUT2D eigenvalue weighted by atomic mass is 10.0. The molecule has 0 radical (unpaired) electrons. The Hall–Kier alpha value is -1.11. The van der Waals surface area contributed by atoms with Crippen LogP contribution in [0.2, 0.25) is 0 Å². The van der Waals surface area contributed by atoms with Gasteiger partial charge in [-0.3, -0.25) is 4.79 Å². The van der Waals surface area contributed by atoms with Gasteiger partial charge in [-0.1, -0.05) is 13.8 Å². The lowest BCUT2D eigenvalue weighted by Crippen LogP contribution is -2.49. The zero-order valence-electron chi connectivity index (χ0n) is 10.7. The Labute approximate surface area is 102 Å². The molecule has 0 spiro atoms. The average molecular weight is 265 g/mol. The average Bonchev–Trinajstić information content (AvgIpc) is 2.21. The van der Waals surface area contributed by atoms with Gasteiger partial charge >= 0.3 is 5.97 Å². The van der Waals surface area contributed by atoms with Gasteiger partial charge in [0.25, 0.3) is 0 Å². The Kier molecular flexibility index (Phi) is 5.60. The molecule has 0 heterocycles. The van der Waals surface area contributed by atoms with Gasteiger partial charge < -0.3 is 10.1 Å². The van der Waals surface area contributed by atoms with Crippen LogP contribution in [0.1, 0.15) is 20.8 Å². The number of carbonyl (C=O) groups excluding carboxylic acids is 2. The maximum absolute atomic E-state index is 11.6. The van der Waals surface area contributed by atoms with Crippen LogP contribution >= 0.6 is 0 Å². The third kappa shape index (κ3) is 4.72. The molecular formula is C10H19NO5S. The Morgan fingerprint density at radius 3 is 1.94 bits per heavy atom. The maximum atomic E-state index is 11.6. The van der Waals surface area contributed by atoms with Crippen LogP contribution in [-0.2, 0) is 24.2 Å². The van der Waals surface area contributed by atoms with Crippen LogP contribution < -0.4 is 5.32 Å². The van der Waals surface area contributed by atoms with E-state index >= 15 is 0 Å². The summed E-state index contributed by atoms with van der Waals surface area (Å²) in [7, 11) is -2.26. The normalized spacial score (nSPS) is 15.2. The fourth-order valence-electron chi connectivity index (χ4n) is 1.09. The quantitative estimate of drug-likeness (QED) is 0.691. The smallest absolute Gasteiger partial charge is 0.328 e. The van der Waals surface area contributed by atoms with E-state index in [-0.39, 0.29) is 5.92 Å². The Balaban J connectivity index is 4.80. The van der Waals surface area contributed by atoms with E-state index in [1.807, 2.05) is 0 Å². The van der Waals surface area contributed by atoms with E-state index in [1.54, 1.807) is 13.8 Å². The van der Waals surface area contributed by atoms with Gasteiger partial charge in [-0.2, -0.15) is 0 Å². The van der Waals surface area contributed by atoms with E-state index in [1.165, 1.54) is 14.0 Å². The molecule has 0 aromatic heterocycles. The molecule has 7 heteroatoms. The molecule has 0 rings (SSSR count). The van der Waals surface area contributed by atoms with Crippen LogP contribution in [-0.4, -0.2) is 45.0 Å². The molecule has 1 amide bonds. The Morgan fingerprint density at radius 2 is 1.65 bits per heavy atom. The lowest BCUT2D eigenvalue weighted by Gasteiger charge is -2.21.